The molecule has 0 bridgehead atoms. The van der Waals surface area contributed by atoms with Crippen molar-refractivity contribution >= 4 is 16.8 Å². The van der Waals surface area contributed by atoms with Gasteiger partial charge in [0.1, 0.15) is 17.6 Å². The predicted octanol–water partition coefficient (Wildman–Crippen LogP) is 4.32. The molecule has 3 heterocycles. The Bertz CT molecular complexity index is 1200. The van der Waals surface area contributed by atoms with Crippen LogP contribution in [0.15, 0.2) is 34.7 Å². The number of hydrogen-bond donors (Lipinski definition) is 1. The van der Waals surface area contributed by atoms with Crippen molar-refractivity contribution in [2.45, 2.75) is 56.2 Å². The number of pyridine rings is 1. The summed E-state index contributed by atoms with van der Waals surface area (Å²) in [4.78, 5) is 16.9. The lowest BCUT2D eigenvalue weighted by Gasteiger charge is -2.38. The highest BCUT2D eigenvalue weighted by molar-refractivity contribution is 5.95. The largest absolute Gasteiger partial charge is 0.523 e. The number of ether oxygens (including phenoxy) is 2. The Morgan fingerprint density at radius 1 is 1.15 bits per heavy atom. The van der Waals surface area contributed by atoms with Gasteiger partial charge in [0.25, 0.3) is 5.91 Å². The summed E-state index contributed by atoms with van der Waals surface area (Å²) in [6.45, 7) is 0.150. The van der Waals surface area contributed by atoms with Crippen LogP contribution >= 0.6 is 0 Å². The molecule has 3 aromatic rings. The molecule has 1 amide bonds. The molecule has 0 unspecified atom stereocenters. The summed E-state index contributed by atoms with van der Waals surface area (Å²) in [6.07, 6.45) is -3.60. The maximum absolute atomic E-state index is 13.3. The lowest BCUT2D eigenvalue weighted by Crippen LogP contribution is -2.42. The maximum Gasteiger partial charge on any atom is 0.523 e. The normalized spacial score (nSPS) is 22.4. The highest BCUT2D eigenvalue weighted by atomic mass is 19.4. The van der Waals surface area contributed by atoms with Crippen LogP contribution in [-0.2, 0) is 15.1 Å². The third-order valence-corrected chi connectivity index (χ3v) is 6.07. The lowest BCUT2D eigenvalue weighted by molar-refractivity contribution is -0.387. The minimum absolute atomic E-state index is 0.0836. The van der Waals surface area contributed by atoms with E-state index in [9.17, 15) is 22.4 Å². The number of carbonyl (C=O) groups excluding carboxylic acids is 1. The summed E-state index contributed by atoms with van der Waals surface area (Å²) in [6, 6.07) is 6.95. The van der Waals surface area contributed by atoms with E-state index in [1.165, 1.54) is 24.3 Å². The van der Waals surface area contributed by atoms with Gasteiger partial charge < -0.3 is 14.5 Å². The van der Waals surface area contributed by atoms with Gasteiger partial charge in [0.2, 0.25) is 11.8 Å². The van der Waals surface area contributed by atoms with Crippen LogP contribution in [0.5, 0.6) is 0 Å². The van der Waals surface area contributed by atoms with Crippen molar-refractivity contribution in [1.82, 2.24) is 20.5 Å². The summed E-state index contributed by atoms with van der Waals surface area (Å²) < 4.78 is 67.2. The number of nitrogens with one attached hydrogen (secondary N) is 1. The van der Waals surface area contributed by atoms with Gasteiger partial charge in [-0.3, -0.25) is 9.53 Å². The van der Waals surface area contributed by atoms with Crippen LogP contribution < -0.4 is 5.32 Å². The van der Waals surface area contributed by atoms with Gasteiger partial charge in [-0.25, -0.2) is 9.37 Å². The van der Waals surface area contributed by atoms with Gasteiger partial charge in [0.05, 0.1) is 18.2 Å². The fourth-order valence-electron chi connectivity index (χ4n) is 4.17. The monoisotopic (exact) mass is 480 g/mol. The van der Waals surface area contributed by atoms with E-state index < -0.39 is 24.0 Å². The maximum atomic E-state index is 13.3. The molecule has 1 aliphatic carbocycles. The lowest BCUT2D eigenvalue weighted by atomic mass is 9.80. The first kappa shape index (κ1) is 22.7. The Hall–Kier alpha value is -3.12. The SMILES string of the molecule is O=C(N[C@@H]1CC[C@@H](c2nnc(C3(OC(F)(F)F)CCC3)o2)OC1)c1ccc2cc(F)ccc2n1. The molecular weight excluding hydrogens is 460 g/mol. The number of carbonyl (C=O) groups is 1. The minimum atomic E-state index is -4.81. The molecule has 2 aromatic heterocycles. The Morgan fingerprint density at radius 3 is 2.65 bits per heavy atom. The molecule has 34 heavy (non-hydrogen) atoms. The fourth-order valence-corrected chi connectivity index (χ4v) is 4.17. The van der Waals surface area contributed by atoms with E-state index in [4.69, 9.17) is 9.15 Å². The van der Waals surface area contributed by atoms with Crippen molar-refractivity contribution in [3.63, 3.8) is 0 Å². The van der Waals surface area contributed by atoms with Crippen LogP contribution in [0.4, 0.5) is 17.6 Å². The second-order valence-electron chi connectivity index (χ2n) is 8.44. The number of amides is 1. The molecule has 1 saturated carbocycles. The van der Waals surface area contributed by atoms with E-state index in [-0.39, 0.29) is 48.8 Å². The Labute approximate surface area is 190 Å². The van der Waals surface area contributed by atoms with E-state index in [1.807, 2.05) is 0 Å². The van der Waals surface area contributed by atoms with Crippen molar-refractivity contribution in [2.24, 2.45) is 0 Å². The summed E-state index contributed by atoms with van der Waals surface area (Å²) in [5.74, 6) is -0.897. The molecule has 2 fully saturated rings. The molecule has 1 N–H and O–H groups in total. The molecule has 1 aliphatic heterocycles. The number of fused-ring (bicyclic) bond motifs is 1. The van der Waals surface area contributed by atoms with Crippen LogP contribution in [0, 0.1) is 5.82 Å². The van der Waals surface area contributed by atoms with Crippen molar-refractivity contribution in [1.29, 1.82) is 0 Å². The van der Waals surface area contributed by atoms with Crippen molar-refractivity contribution in [2.75, 3.05) is 6.61 Å². The molecule has 0 spiro atoms. The molecule has 12 heteroatoms. The average molecular weight is 480 g/mol. The molecule has 1 saturated heterocycles. The van der Waals surface area contributed by atoms with E-state index >= 15 is 0 Å². The van der Waals surface area contributed by atoms with Crippen molar-refractivity contribution in [3.8, 4) is 0 Å². The zero-order valence-electron chi connectivity index (χ0n) is 17.8. The minimum Gasteiger partial charge on any atom is -0.419 e. The zero-order chi connectivity index (χ0) is 23.9. The number of aromatic nitrogens is 3. The van der Waals surface area contributed by atoms with Gasteiger partial charge in [-0.05, 0) is 56.4 Å². The summed E-state index contributed by atoms with van der Waals surface area (Å²) >= 11 is 0. The van der Waals surface area contributed by atoms with Gasteiger partial charge in [0, 0.05) is 5.39 Å². The number of rotatable bonds is 5. The van der Waals surface area contributed by atoms with Gasteiger partial charge in [0.15, 0.2) is 5.60 Å². The summed E-state index contributed by atoms with van der Waals surface area (Å²) in [5, 5.41) is 11.1. The first-order chi connectivity index (χ1) is 16.2. The van der Waals surface area contributed by atoms with Crippen LogP contribution in [0.3, 0.4) is 0 Å². The van der Waals surface area contributed by atoms with E-state index in [0.717, 1.165) is 0 Å². The first-order valence-electron chi connectivity index (χ1n) is 10.8. The van der Waals surface area contributed by atoms with Crippen molar-refractivity contribution < 1.29 is 36.2 Å². The van der Waals surface area contributed by atoms with Gasteiger partial charge in [-0.2, -0.15) is 0 Å². The molecule has 1 aromatic carbocycles. The number of nitrogens with zero attached hydrogens (tertiary/aromatic N) is 3. The second-order valence-corrected chi connectivity index (χ2v) is 8.44. The highest BCUT2D eigenvalue weighted by Gasteiger charge is 2.52. The van der Waals surface area contributed by atoms with Crippen molar-refractivity contribution in [3.05, 3.63) is 53.6 Å². The van der Waals surface area contributed by atoms with Gasteiger partial charge in [-0.15, -0.1) is 23.4 Å². The second kappa shape index (κ2) is 8.58. The average Bonchev–Trinajstić information content (AvgIpc) is 3.26. The number of halogens is 4. The fraction of sp³-hybridized carbons (Fsp3) is 0.455. The Balaban J connectivity index is 1.19. The van der Waals surface area contributed by atoms with Gasteiger partial charge >= 0.3 is 6.36 Å². The molecule has 8 nitrogen and oxygen atoms in total. The number of benzene rings is 1. The number of alkyl halides is 3. The third kappa shape index (κ3) is 4.60. The molecule has 5 rings (SSSR count). The van der Waals surface area contributed by atoms with E-state index in [1.54, 1.807) is 6.07 Å². The molecule has 2 atom stereocenters. The first-order valence-corrected chi connectivity index (χ1v) is 10.8. The summed E-state index contributed by atoms with van der Waals surface area (Å²) in [5.41, 5.74) is -0.939. The smallest absolute Gasteiger partial charge is 0.419 e. The molecular formula is C22H20F4N4O4. The third-order valence-electron chi connectivity index (χ3n) is 6.07. The zero-order valence-corrected chi connectivity index (χ0v) is 17.8. The number of hydrogen-bond acceptors (Lipinski definition) is 7. The Kier molecular flexibility index (Phi) is 5.72. The van der Waals surface area contributed by atoms with E-state index in [0.29, 0.717) is 30.2 Å². The quantitative estimate of drug-likeness (QED) is 0.543. The Morgan fingerprint density at radius 2 is 1.97 bits per heavy atom. The predicted molar refractivity (Wildman–Crippen MR) is 108 cm³/mol. The van der Waals surface area contributed by atoms with Crippen LogP contribution in [0.25, 0.3) is 10.9 Å². The topological polar surface area (TPSA) is 99.4 Å². The molecule has 2 aliphatic rings. The molecule has 0 radical (unpaired) electrons. The molecule has 180 valence electrons. The van der Waals surface area contributed by atoms with Crippen LogP contribution in [0.2, 0.25) is 0 Å². The van der Waals surface area contributed by atoms with Gasteiger partial charge in [-0.1, -0.05) is 6.07 Å². The summed E-state index contributed by atoms with van der Waals surface area (Å²) in [7, 11) is 0. The van der Waals surface area contributed by atoms with Crippen LogP contribution in [-0.4, -0.2) is 40.1 Å². The standard InChI is InChI=1S/C22H20F4N4O4/c23-13-3-6-15-12(10-13)2-5-16(28-15)18(31)27-14-4-7-17(32-11-14)19-29-30-20(33-19)21(8-1-9-21)34-22(24,25)26/h2-3,5-6,10,14,17H,1,4,7-9,11H2,(H,27,31)/t14-,17+/m1/s1. The van der Waals surface area contributed by atoms with Crippen LogP contribution in [0.1, 0.15) is 60.5 Å². The highest BCUT2D eigenvalue weighted by Crippen LogP contribution is 2.48. The van der Waals surface area contributed by atoms with E-state index in [2.05, 4.69) is 25.2 Å².